The summed E-state index contributed by atoms with van der Waals surface area (Å²) in [5, 5.41) is 0.748. The Kier molecular flexibility index (Phi) is 4.48. The Balaban J connectivity index is 0.000000640. The maximum atomic E-state index is 5.60. The summed E-state index contributed by atoms with van der Waals surface area (Å²) in [6, 6.07) is 7.44. The molecule has 0 nitrogen and oxygen atoms in total. The van der Waals surface area contributed by atoms with Crippen molar-refractivity contribution in [3.05, 3.63) is 41.8 Å². The molecule has 0 N–H and O–H groups in total. The zero-order chi connectivity index (χ0) is 5.98. The Morgan fingerprint density at radius 3 is 2.33 bits per heavy atom. The summed E-state index contributed by atoms with van der Waals surface area (Å²) >= 11 is 5.60. The third-order valence-electron chi connectivity index (χ3n) is 0.889. The zero-order valence-electron chi connectivity index (χ0n) is 4.89. The molecule has 2 heteroatoms. The van der Waals surface area contributed by atoms with Gasteiger partial charge in [-0.25, -0.2) is 0 Å². The molecule has 1 rings (SSSR count). The van der Waals surface area contributed by atoms with E-state index in [1.807, 2.05) is 24.3 Å². The van der Waals surface area contributed by atoms with Gasteiger partial charge in [0.2, 0.25) is 0 Å². The van der Waals surface area contributed by atoms with Gasteiger partial charge in [-0.15, -0.1) is 12.1 Å². The van der Waals surface area contributed by atoms with E-state index in [2.05, 4.69) is 6.92 Å². The third-order valence-corrected chi connectivity index (χ3v) is 1.12. The predicted molar refractivity (Wildman–Crippen MR) is 35.9 cm³/mol. The van der Waals surface area contributed by atoms with Crippen LogP contribution in [0.5, 0.6) is 0 Å². The molecule has 0 aliphatic heterocycles. The fraction of sp³-hybridized carbons (Fsp3) is 0. The van der Waals surface area contributed by atoms with E-state index >= 15 is 0 Å². The monoisotopic (exact) mass is 363 g/mol. The molecule has 0 unspecified atom stereocenters. The van der Waals surface area contributed by atoms with Gasteiger partial charge in [-0.1, -0.05) is 17.7 Å². The molecule has 0 fully saturated rings. The summed E-state index contributed by atoms with van der Waals surface area (Å²) in [5.41, 5.74) is 0.956. The molecule has 9 heavy (non-hydrogen) atoms. The Morgan fingerprint density at radius 2 is 2.00 bits per heavy atom. The number of hydrogen-bond acceptors (Lipinski definition) is 0. The Morgan fingerprint density at radius 1 is 1.33 bits per heavy atom. The molecule has 0 bridgehead atoms. The third kappa shape index (κ3) is 3.21. The molecule has 0 amide bonds. The van der Waals surface area contributed by atoms with Crippen LogP contribution in [-0.4, -0.2) is 0 Å². The van der Waals surface area contributed by atoms with Gasteiger partial charge in [0.25, 0.3) is 0 Å². The molecule has 1 aromatic rings. The van der Waals surface area contributed by atoms with Crippen molar-refractivity contribution in [1.82, 2.24) is 0 Å². The molecule has 0 heterocycles. The second-order valence-electron chi connectivity index (χ2n) is 1.63. The summed E-state index contributed by atoms with van der Waals surface area (Å²) in [6.45, 7) is 3.70. The van der Waals surface area contributed by atoms with Gasteiger partial charge in [0.1, 0.15) is 0 Å². The van der Waals surface area contributed by atoms with Crippen molar-refractivity contribution in [2.45, 2.75) is 0 Å². The molecule has 0 aliphatic carbocycles. The van der Waals surface area contributed by atoms with Gasteiger partial charge in [0.05, 0.1) is 0 Å². The van der Waals surface area contributed by atoms with Gasteiger partial charge < -0.3 is 0 Å². The molecule has 0 saturated heterocycles. The second-order valence-corrected chi connectivity index (χ2v) is 2.07. The summed E-state index contributed by atoms with van der Waals surface area (Å²) in [5.74, 6) is 0. The quantitative estimate of drug-likeness (QED) is 0.622. The number of hydrogen-bond donors (Lipinski definition) is 0. The fourth-order valence-corrected chi connectivity index (χ4v) is 0.750. The largest absolute Gasteiger partial charge is 2.00 e. The maximum absolute atomic E-state index is 5.60. The molecule has 0 spiro atoms. The van der Waals surface area contributed by atoms with E-state index in [9.17, 15) is 0 Å². The molecular formula is C7H6ClU+. The van der Waals surface area contributed by atoms with Crippen LogP contribution in [-0.2, 0) is 0 Å². The minimum atomic E-state index is 0. The van der Waals surface area contributed by atoms with Crippen LogP contribution in [0, 0.1) is 38.0 Å². The molecule has 44 valence electrons. The summed E-state index contributed by atoms with van der Waals surface area (Å²) < 4.78 is 0. The SMILES string of the molecule is [CH2-]c1cccc(Cl)c1.[U+2]. The first-order chi connectivity index (χ1) is 3.79. The first kappa shape index (κ1) is 9.43. The number of rotatable bonds is 0. The van der Waals surface area contributed by atoms with E-state index in [4.69, 9.17) is 11.6 Å². The standard InChI is InChI=1S/C7H6Cl.U/c1-6-3-2-4-7(8)5-6;/h2-5H,1H2;/q-1;+2. The molecule has 0 aromatic heterocycles. The summed E-state index contributed by atoms with van der Waals surface area (Å²) in [4.78, 5) is 0. The van der Waals surface area contributed by atoms with Crippen molar-refractivity contribution in [3.8, 4) is 0 Å². The predicted octanol–water partition coefficient (Wildman–Crippen LogP) is 2.52. The molecule has 0 aliphatic rings. The van der Waals surface area contributed by atoms with Gasteiger partial charge in [0.15, 0.2) is 0 Å². The fourth-order valence-electron chi connectivity index (χ4n) is 0.537. The van der Waals surface area contributed by atoms with E-state index < -0.39 is 0 Å². The van der Waals surface area contributed by atoms with Crippen molar-refractivity contribution >= 4 is 11.6 Å². The molecule has 0 radical (unpaired) electrons. The van der Waals surface area contributed by atoms with Crippen LogP contribution in [0.2, 0.25) is 5.02 Å². The molecular weight excluding hydrogens is 358 g/mol. The Hall–Kier alpha value is 0.432. The Labute approximate surface area is 84.0 Å². The average molecular weight is 364 g/mol. The van der Waals surface area contributed by atoms with Crippen LogP contribution in [0.25, 0.3) is 0 Å². The van der Waals surface area contributed by atoms with Gasteiger partial charge in [-0.2, -0.15) is 18.6 Å². The Bertz CT molecular complexity index is 169. The smallest absolute Gasteiger partial charge is 0.199 e. The van der Waals surface area contributed by atoms with Crippen LogP contribution >= 0.6 is 11.6 Å². The summed E-state index contributed by atoms with van der Waals surface area (Å²) in [6.07, 6.45) is 0. The normalized spacial score (nSPS) is 8.11. The van der Waals surface area contributed by atoms with Crippen molar-refractivity contribution in [1.29, 1.82) is 0 Å². The van der Waals surface area contributed by atoms with E-state index in [1.165, 1.54) is 0 Å². The van der Waals surface area contributed by atoms with Gasteiger partial charge >= 0.3 is 31.1 Å². The zero-order valence-corrected chi connectivity index (χ0v) is 9.81. The van der Waals surface area contributed by atoms with E-state index in [0.29, 0.717) is 0 Å². The minimum Gasteiger partial charge on any atom is -0.199 e. The average Bonchev–Trinajstić information content (AvgIpc) is 1.64. The van der Waals surface area contributed by atoms with Gasteiger partial charge in [-0.05, 0) is 5.02 Å². The van der Waals surface area contributed by atoms with Crippen LogP contribution in [0.15, 0.2) is 24.3 Å². The molecule has 1 aromatic carbocycles. The van der Waals surface area contributed by atoms with E-state index in [-0.39, 0.29) is 31.1 Å². The van der Waals surface area contributed by atoms with Crippen LogP contribution in [0.3, 0.4) is 0 Å². The topological polar surface area (TPSA) is 0 Å². The maximum Gasteiger partial charge on any atom is 2.00 e. The molecule has 0 atom stereocenters. The van der Waals surface area contributed by atoms with Crippen LogP contribution < -0.4 is 0 Å². The minimum absolute atomic E-state index is 0. The second kappa shape index (κ2) is 4.28. The van der Waals surface area contributed by atoms with Crippen molar-refractivity contribution in [2.24, 2.45) is 0 Å². The van der Waals surface area contributed by atoms with Gasteiger partial charge in [-0.3, -0.25) is 0 Å². The van der Waals surface area contributed by atoms with Crippen LogP contribution in [0.4, 0.5) is 0 Å². The van der Waals surface area contributed by atoms with Gasteiger partial charge in [0, 0.05) is 0 Å². The van der Waals surface area contributed by atoms with Crippen LogP contribution in [0.1, 0.15) is 5.56 Å². The van der Waals surface area contributed by atoms with Crippen molar-refractivity contribution in [3.63, 3.8) is 0 Å². The first-order valence-electron chi connectivity index (χ1n) is 2.36. The summed E-state index contributed by atoms with van der Waals surface area (Å²) in [7, 11) is 0. The van der Waals surface area contributed by atoms with Crippen molar-refractivity contribution in [2.75, 3.05) is 0 Å². The molecule has 0 saturated carbocycles. The number of benzene rings is 1. The number of halogens is 1. The van der Waals surface area contributed by atoms with Crippen molar-refractivity contribution < 1.29 is 31.1 Å². The van der Waals surface area contributed by atoms with E-state index in [1.54, 1.807) is 0 Å². The van der Waals surface area contributed by atoms with E-state index in [0.717, 1.165) is 10.6 Å². The first-order valence-corrected chi connectivity index (χ1v) is 2.74.